The van der Waals surface area contributed by atoms with E-state index in [0.717, 1.165) is 26.2 Å². The average molecular weight is 302 g/mol. The standard InChI is InChI=1S/C18H26N2O2/c21-18(20-9-11-22-12-10-20)13-17(15-5-2-1-3-6-15)16-7-4-8-19-14-16/h1-3,5-6,16-17,19H,4,7-14H2/t16-,17-/m1/s1. The second-order valence-electron chi connectivity index (χ2n) is 6.32. The minimum absolute atomic E-state index is 0.280. The van der Waals surface area contributed by atoms with E-state index in [0.29, 0.717) is 31.5 Å². The second-order valence-corrected chi connectivity index (χ2v) is 6.32. The van der Waals surface area contributed by atoms with E-state index < -0.39 is 0 Å². The second kappa shape index (κ2) is 7.75. The zero-order valence-electron chi connectivity index (χ0n) is 13.2. The van der Waals surface area contributed by atoms with Crippen molar-refractivity contribution >= 4 is 5.91 Å². The van der Waals surface area contributed by atoms with E-state index >= 15 is 0 Å². The zero-order valence-corrected chi connectivity index (χ0v) is 13.2. The molecule has 0 aromatic heterocycles. The van der Waals surface area contributed by atoms with Crippen molar-refractivity contribution in [3.05, 3.63) is 35.9 Å². The molecule has 1 aromatic carbocycles. The van der Waals surface area contributed by atoms with Crippen LogP contribution in [0.2, 0.25) is 0 Å². The predicted octanol–water partition coefficient (Wildman–Crippen LogP) is 2.02. The lowest BCUT2D eigenvalue weighted by Crippen LogP contribution is -2.42. The van der Waals surface area contributed by atoms with Crippen molar-refractivity contribution < 1.29 is 9.53 Å². The van der Waals surface area contributed by atoms with E-state index in [2.05, 4.69) is 29.6 Å². The number of morpholine rings is 1. The number of carbonyl (C=O) groups is 1. The molecular formula is C18H26N2O2. The summed E-state index contributed by atoms with van der Waals surface area (Å²) in [7, 11) is 0. The monoisotopic (exact) mass is 302 g/mol. The molecule has 2 saturated heterocycles. The van der Waals surface area contributed by atoms with Gasteiger partial charge in [0.05, 0.1) is 13.2 Å². The number of hydrogen-bond donors (Lipinski definition) is 1. The van der Waals surface area contributed by atoms with Gasteiger partial charge in [-0.1, -0.05) is 30.3 Å². The van der Waals surface area contributed by atoms with Crippen molar-refractivity contribution in [1.29, 1.82) is 0 Å². The van der Waals surface area contributed by atoms with Crippen molar-refractivity contribution in [2.45, 2.75) is 25.2 Å². The van der Waals surface area contributed by atoms with Crippen LogP contribution in [0.25, 0.3) is 0 Å². The van der Waals surface area contributed by atoms with Crippen LogP contribution in [-0.4, -0.2) is 50.2 Å². The SMILES string of the molecule is O=C(C[C@H](c1ccccc1)[C@@H]1CCCNC1)N1CCOCC1. The fraction of sp³-hybridized carbons (Fsp3) is 0.611. The van der Waals surface area contributed by atoms with E-state index in [4.69, 9.17) is 4.74 Å². The molecule has 0 radical (unpaired) electrons. The van der Waals surface area contributed by atoms with Crippen LogP contribution in [0.15, 0.2) is 30.3 Å². The molecule has 2 atom stereocenters. The molecule has 1 N–H and O–H groups in total. The number of amides is 1. The van der Waals surface area contributed by atoms with Crippen LogP contribution in [0.1, 0.15) is 30.7 Å². The molecular weight excluding hydrogens is 276 g/mol. The molecule has 0 aliphatic carbocycles. The Labute approximate surface area is 132 Å². The predicted molar refractivity (Wildman–Crippen MR) is 86.8 cm³/mol. The Bertz CT molecular complexity index is 465. The largest absolute Gasteiger partial charge is 0.378 e. The number of rotatable bonds is 4. The fourth-order valence-electron chi connectivity index (χ4n) is 3.61. The molecule has 2 aliphatic rings. The minimum Gasteiger partial charge on any atom is -0.378 e. The highest BCUT2D eigenvalue weighted by Crippen LogP contribution is 2.33. The summed E-state index contributed by atoms with van der Waals surface area (Å²) >= 11 is 0. The van der Waals surface area contributed by atoms with Gasteiger partial charge in [0.15, 0.2) is 0 Å². The van der Waals surface area contributed by atoms with E-state index in [1.54, 1.807) is 0 Å². The molecule has 0 bridgehead atoms. The number of nitrogens with zero attached hydrogens (tertiary/aromatic N) is 1. The van der Waals surface area contributed by atoms with Gasteiger partial charge < -0.3 is 15.0 Å². The lowest BCUT2D eigenvalue weighted by atomic mass is 9.79. The third-order valence-electron chi connectivity index (χ3n) is 4.89. The quantitative estimate of drug-likeness (QED) is 0.925. The molecule has 2 fully saturated rings. The van der Waals surface area contributed by atoms with Crippen LogP contribution in [0.3, 0.4) is 0 Å². The first-order chi connectivity index (χ1) is 10.8. The highest BCUT2D eigenvalue weighted by Gasteiger charge is 2.29. The van der Waals surface area contributed by atoms with Crippen LogP contribution in [0.4, 0.5) is 0 Å². The maximum absolute atomic E-state index is 12.7. The maximum atomic E-state index is 12.7. The summed E-state index contributed by atoms with van der Waals surface area (Å²) in [6.07, 6.45) is 3.04. The maximum Gasteiger partial charge on any atom is 0.223 e. The van der Waals surface area contributed by atoms with Gasteiger partial charge in [-0.15, -0.1) is 0 Å². The molecule has 2 aliphatic heterocycles. The lowest BCUT2D eigenvalue weighted by molar-refractivity contribution is -0.136. The topological polar surface area (TPSA) is 41.6 Å². The Morgan fingerprint density at radius 3 is 2.73 bits per heavy atom. The first-order valence-electron chi connectivity index (χ1n) is 8.46. The molecule has 22 heavy (non-hydrogen) atoms. The van der Waals surface area contributed by atoms with Crippen molar-refractivity contribution in [3.63, 3.8) is 0 Å². The van der Waals surface area contributed by atoms with Gasteiger partial charge in [0, 0.05) is 19.5 Å². The van der Waals surface area contributed by atoms with Crippen molar-refractivity contribution in [2.75, 3.05) is 39.4 Å². The molecule has 0 saturated carbocycles. The van der Waals surface area contributed by atoms with Crippen LogP contribution in [-0.2, 0) is 9.53 Å². The van der Waals surface area contributed by atoms with E-state index in [-0.39, 0.29) is 5.91 Å². The molecule has 3 rings (SSSR count). The lowest BCUT2D eigenvalue weighted by Gasteiger charge is -2.33. The van der Waals surface area contributed by atoms with E-state index in [1.807, 2.05) is 11.0 Å². The number of benzene rings is 1. The van der Waals surface area contributed by atoms with E-state index in [1.165, 1.54) is 18.4 Å². The highest BCUT2D eigenvalue weighted by molar-refractivity contribution is 5.77. The van der Waals surface area contributed by atoms with Crippen LogP contribution < -0.4 is 5.32 Å². The number of piperidine rings is 1. The Balaban J connectivity index is 1.71. The van der Waals surface area contributed by atoms with Crippen LogP contribution in [0, 0.1) is 5.92 Å². The van der Waals surface area contributed by atoms with Gasteiger partial charge in [-0.3, -0.25) is 4.79 Å². The van der Waals surface area contributed by atoms with Crippen LogP contribution in [0.5, 0.6) is 0 Å². The zero-order chi connectivity index (χ0) is 15.2. The van der Waals surface area contributed by atoms with Gasteiger partial charge in [0.2, 0.25) is 5.91 Å². The third-order valence-corrected chi connectivity index (χ3v) is 4.89. The van der Waals surface area contributed by atoms with Gasteiger partial charge in [0.25, 0.3) is 0 Å². The third kappa shape index (κ3) is 3.87. The molecule has 4 nitrogen and oxygen atoms in total. The van der Waals surface area contributed by atoms with Gasteiger partial charge in [-0.2, -0.15) is 0 Å². The molecule has 4 heteroatoms. The summed E-state index contributed by atoms with van der Waals surface area (Å²) in [6, 6.07) is 10.6. The molecule has 0 unspecified atom stereocenters. The minimum atomic E-state index is 0.280. The summed E-state index contributed by atoms with van der Waals surface area (Å²) in [4.78, 5) is 14.6. The first-order valence-corrected chi connectivity index (χ1v) is 8.46. The smallest absolute Gasteiger partial charge is 0.223 e. The van der Waals surface area contributed by atoms with Gasteiger partial charge >= 0.3 is 0 Å². The van der Waals surface area contributed by atoms with Crippen molar-refractivity contribution in [1.82, 2.24) is 10.2 Å². The Morgan fingerprint density at radius 2 is 2.05 bits per heavy atom. The summed E-state index contributed by atoms with van der Waals surface area (Å²) in [5.74, 6) is 1.16. The molecule has 0 spiro atoms. The molecule has 1 aromatic rings. The molecule has 120 valence electrons. The number of carbonyl (C=O) groups excluding carboxylic acids is 1. The summed E-state index contributed by atoms with van der Waals surface area (Å²) < 4.78 is 5.35. The summed E-state index contributed by atoms with van der Waals surface area (Å²) in [6.45, 7) is 4.96. The van der Waals surface area contributed by atoms with Gasteiger partial charge in [0.1, 0.15) is 0 Å². The first kappa shape index (κ1) is 15.5. The Kier molecular flexibility index (Phi) is 5.46. The van der Waals surface area contributed by atoms with Crippen LogP contribution >= 0.6 is 0 Å². The van der Waals surface area contributed by atoms with Crippen molar-refractivity contribution in [2.24, 2.45) is 5.92 Å². The van der Waals surface area contributed by atoms with E-state index in [9.17, 15) is 4.79 Å². The van der Waals surface area contributed by atoms with Crippen molar-refractivity contribution in [3.8, 4) is 0 Å². The Morgan fingerprint density at radius 1 is 1.27 bits per heavy atom. The Hall–Kier alpha value is -1.39. The average Bonchev–Trinajstić information content (AvgIpc) is 2.62. The normalized spacial score (nSPS) is 24.0. The molecule has 1 amide bonds. The number of nitrogens with one attached hydrogen (secondary N) is 1. The fourth-order valence-corrected chi connectivity index (χ4v) is 3.61. The van der Waals surface area contributed by atoms with Gasteiger partial charge in [-0.25, -0.2) is 0 Å². The van der Waals surface area contributed by atoms with Gasteiger partial charge in [-0.05, 0) is 43.3 Å². The molecule has 2 heterocycles. The summed E-state index contributed by atoms with van der Waals surface area (Å²) in [5.41, 5.74) is 1.30. The number of hydrogen-bond acceptors (Lipinski definition) is 3. The summed E-state index contributed by atoms with van der Waals surface area (Å²) in [5, 5.41) is 3.49. The number of ether oxygens (including phenoxy) is 1. The highest BCUT2D eigenvalue weighted by atomic mass is 16.5.